The van der Waals surface area contributed by atoms with Crippen LogP contribution in [0.4, 0.5) is 5.69 Å². The zero-order valence-corrected chi connectivity index (χ0v) is 8.41. The summed E-state index contributed by atoms with van der Waals surface area (Å²) in [5.74, 6) is -0.467. The standard InChI is InChI=1S/C11H12N2O2/c1-7-2-4-8(5-3-7)12-9-6-10(14)13-11(9)15/h2-5,9,12H,6H2,1H3,(H,13,14,15). The average molecular weight is 204 g/mol. The first kappa shape index (κ1) is 9.71. The number of aryl methyl sites for hydroxylation is 1. The van der Waals surface area contributed by atoms with Crippen LogP contribution in [-0.2, 0) is 9.59 Å². The fraction of sp³-hybridized carbons (Fsp3) is 0.273. The molecule has 1 saturated heterocycles. The molecule has 4 nitrogen and oxygen atoms in total. The second kappa shape index (κ2) is 3.73. The molecule has 15 heavy (non-hydrogen) atoms. The Morgan fingerprint density at radius 2 is 1.93 bits per heavy atom. The summed E-state index contributed by atoms with van der Waals surface area (Å²) in [5, 5.41) is 5.27. The maximum absolute atomic E-state index is 11.3. The monoisotopic (exact) mass is 204 g/mol. The second-order valence-electron chi connectivity index (χ2n) is 3.68. The van der Waals surface area contributed by atoms with Crippen molar-refractivity contribution in [2.75, 3.05) is 5.32 Å². The van der Waals surface area contributed by atoms with Crippen LogP contribution in [0.2, 0.25) is 0 Å². The Kier molecular flexibility index (Phi) is 2.41. The van der Waals surface area contributed by atoms with E-state index in [-0.39, 0.29) is 18.2 Å². The largest absolute Gasteiger partial charge is 0.373 e. The molecule has 2 N–H and O–H groups in total. The normalized spacial score (nSPS) is 20.2. The maximum atomic E-state index is 11.3. The maximum Gasteiger partial charge on any atom is 0.249 e. The summed E-state index contributed by atoms with van der Waals surface area (Å²) in [6.45, 7) is 2.00. The lowest BCUT2D eigenvalue weighted by Crippen LogP contribution is -2.29. The fourth-order valence-electron chi connectivity index (χ4n) is 1.52. The predicted octanol–water partition coefficient (Wildman–Crippen LogP) is 0.822. The van der Waals surface area contributed by atoms with Crippen LogP contribution >= 0.6 is 0 Å². The van der Waals surface area contributed by atoms with Gasteiger partial charge in [0.2, 0.25) is 11.8 Å². The third-order valence-corrected chi connectivity index (χ3v) is 2.36. The quantitative estimate of drug-likeness (QED) is 0.701. The Hall–Kier alpha value is -1.84. The number of hydrogen-bond acceptors (Lipinski definition) is 3. The third-order valence-electron chi connectivity index (χ3n) is 2.36. The van der Waals surface area contributed by atoms with Crippen molar-refractivity contribution in [1.82, 2.24) is 5.32 Å². The van der Waals surface area contributed by atoms with Gasteiger partial charge in [-0.3, -0.25) is 14.9 Å². The second-order valence-corrected chi connectivity index (χ2v) is 3.68. The summed E-state index contributed by atoms with van der Waals surface area (Å²) in [6.07, 6.45) is 0.215. The average Bonchev–Trinajstić information content (AvgIpc) is 2.49. The minimum atomic E-state index is -0.430. The molecule has 1 aromatic rings. The number of amides is 2. The number of imide groups is 1. The van der Waals surface area contributed by atoms with E-state index in [2.05, 4.69) is 10.6 Å². The van der Waals surface area contributed by atoms with Crippen molar-refractivity contribution >= 4 is 17.5 Å². The van der Waals surface area contributed by atoms with E-state index >= 15 is 0 Å². The molecule has 78 valence electrons. The first-order valence-corrected chi connectivity index (χ1v) is 4.82. The third kappa shape index (κ3) is 2.15. The molecule has 2 amide bonds. The van der Waals surface area contributed by atoms with Crippen molar-refractivity contribution in [3.05, 3.63) is 29.8 Å². The molecule has 0 saturated carbocycles. The molecule has 0 aliphatic carbocycles. The van der Waals surface area contributed by atoms with Gasteiger partial charge in [-0.15, -0.1) is 0 Å². The number of benzene rings is 1. The molecule has 1 heterocycles. The SMILES string of the molecule is Cc1ccc(NC2CC(=O)NC2=O)cc1. The summed E-state index contributed by atoms with van der Waals surface area (Å²) >= 11 is 0. The van der Waals surface area contributed by atoms with Gasteiger partial charge in [0.05, 0.1) is 6.42 Å². The van der Waals surface area contributed by atoms with Gasteiger partial charge in [-0.1, -0.05) is 17.7 Å². The topological polar surface area (TPSA) is 58.2 Å². The highest BCUT2D eigenvalue weighted by molar-refractivity contribution is 6.06. The summed E-state index contributed by atoms with van der Waals surface area (Å²) in [7, 11) is 0. The zero-order valence-electron chi connectivity index (χ0n) is 8.41. The molecule has 1 aliphatic heterocycles. The Labute approximate surface area is 87.7 Å². The summed E-state index contributed by atoms with van der Waals surface area (Å²) in [4.78, 5) is 22.2. The Bertz CT molecular complexity index is 398. The van der Waals surface area contributed by atoms with Gasteiger partial charge in [0.1, 0.15) is 6.04 Å². The van der Waals surface area contributed by atoms with Crippen LogP contribution in [0.3, 0.4) is 0 Å². The Morgan fingerprint density at radius 3 is 2.47 bits per heavy atom. The zero-order chi connectivity index (χ0) is 10.8. The van der Waals surface area contributed by atoms with E-state index in [4.69, 9.17) is 0 Å². The molecule has 1 unspecified atom stereocenters. The number of carbonyl (C=O) groups excluding carboxylic acids is 2. The number of nitrogens with one attached hydrogen (secondary N) is 2. The molecule has 1 aliphatic rings. The Balaban J connectivity index is 2.06. The molecular formula is C11H12N2O2. The molecular weight excluding hydrogens is 192 g/mol. The first-order chi connectivity index (χ1) is 7.15. The van der Waals surface area contributed by atoms with Crippen molar-refractivity contribution in [2.45, 2.75) is 19.4 Å². The van der Waals surface area contributed by atoms with Gasteiger partial charge in [0.25, 0.3) is 0 Å². The van der Waals surface area contributed by atoms with Crippen LogP contribution < -0.4 is 10.6 Å². The predicted molar refractivity (Wildman–Crippen MR) is 56.4 cm³/mol. The van der Waals surface area contributed by atoms with Gasteiger partial charge in [-0.2, -0.15) is 0 Å². The summed E-state index contributed by atoms with van der Waals surface area (Å²) < 4.78 is 0. The van der Waals surface area contributed by atoms with Crippen LogP contribution in [-0.4, -0.2) is 17.9 Å². The van der Waals surface area contributed by atoms with E-state index in [1.165, 1.54) is 0 Å². The molecule has 1 aromatic carbocycles. The van der Waals surface area contributed by atoms with Gasteiger partial charge in [-0.05, 0) is 19.1 Å². The number of anilines is 1. The number of hydrogen-bond donors (Lipinski definition) is 2. The van der Waals surface area contributed by atoms with Crippen molar-refractivity contribution in [3.8, 4) is 0 Å². The van der Waals surface area contributed by atoms with Crippen molar-refractivity contribution in [2.24, 2.45) is 0 Å². The lowest BCUT2D eigenvalue weighted by molar-refractivity contribution is -0.124. The van der Waals surface area contributed by atoms with E-state index in [1.807, 2.05) is 31.2 Å². The van der Waals surface area contributed by atoms with Gasteiger partial charge < -0.3 is 5.32 Å². The molecule has 1 atom stereocenters. The highest BCUT2D eigenvalue weighted by atomic mass is 16.2. The van der Waals surface area contributed by atoms with Crippen LogP contribution in [0.1, 0.15) is 12.0 Å². The molecule has 1 fully saturated rings. The van der Waals surface area contributed by atoms with E-state index in [1.54, 1.807) is 0 Å². The van der Waals surface area contributed by atoms with Gasteiger partial charge in [-0.25, -0.2) is 0 Å². The van der Waals surface area contributed by atoms with Crippen molar-refractivity contribution in [3.63, 3.8) is 0 Å². The molecule has 2 rings (SSSR count). The van der Waals surface area contributed by atoms with Crippen molar-refractivity contribution < 1.29 is 9.59 Å². The summed E-state index contributed by atoms with van der Waals surface area (Å²) in [5.41, 5.74) is 2.02. The van der Waals surface area contributed by atoms with Gasteiger partial charge in [0, 0.05) is 5.69 Å². The molecule has 4 heteroatoms. The number of carbonyl (C=O) groups is 2. The van der Waals surface area contributed by atoms with Crippen LogP contribution in [0.5, 0.6) is 0 Å². The van der Waals surface area contributed by atoms with E-state index in [9.17, 15) is 9.59 Å². The fourth-order valence-corrected chi connectivity index (χ4v) is 1.52. The van der Waals surface area contributed by atoms with Crippen molar-refractivity contribution in [1.29, 1.82) is 0 Å². The van der Waals surface area contributed by atoms with Crippen LogP contribution in [0.15, 0.2) is 24.3 Å². The highest BCUT2D eigenvalue weighted by Crippen LogP contribution is 2.13. The van der Waals surface area contributed by atoms with Gasteiger partial charge >= 0.3 is 0 Å². The minimum absolute atomic E-state index is 0.215. The summed E-state index contributed by atoms with van der Waals surface area (Å²) in [6, 6.07) is 7.27. The Morgan fingerprint density at radius 1 is 1.27 bits per heavy atom. The van der Waals surface area contributed by atoms with Crippen LogP contribution in [0.25, 0.3) is 0 Å². The minimum Gasteiger partial charge on any atom is -0.373 e. The van der Waals surface area contributed by atoms with E-state index < -0.39 is 6.04 Å². The van der Waals surface area contributed by atoms with Gasteiger partial charge in [0.15, 0.2) is 0 Å². The molecule has 0 spiro atoms. The lowest BCUT2D eigenvalue weighted by atomic mass is 10.2. The van der Waals surface area contributed by atoms with E-state index in [0.29, 0.717) is 0 Å². The smallest absolute Gasteiger partial charge is 0.249 e. The number of rotatable bonds is 2. The molecule has 0 aromatic heterocycles. The first-order valence-electron chi connectivity index (χ1n) is 4.82. The van der Waals surface area contributed by atoms with E-state index in [0.717, 1.165) is 11.3 Å². The van der Waals surface area contributed by atoms with Crippen LogP contribution in [0, 0.1) is 6.92 Å². The lowest BCUT2D eigenvalue weighted by Gasteiger charge is -2.10. The molecule has 0 bridgehead atoms. The highest BCUT2D eigenvalue weighted by Gasteiger charge is 2.30. The molecule has 0 radical (unpaired) electrons.